The van der Waals surface area contributed by atoms with E-state index < -0.39 is 45.1 Å². The molecule has 0 spiro atoms. The van der Waals surface area contributed by atoms with Gasteiger partial charge in [-0.1, -0.05) is 127 Å². The first-order valence-electron chi connectivity index (χ1n) is 18.2. The van der Waals surface area contributed by atoms with Gasteiger partial charge in [-0.2, -0.15) is 0 Å². The van der Waals surface area contributed by atoms with E-state index in [2.05, 4.69) is 67.0 Å². The molecule has 0 aliphatic carbocycles. The molecular weight excluding hydrogens is 633 g/mol. The molecule has 0 saturated heterocycles. The summed E-state index contributed by atoms with van der Waals surface area (Å²) in [7, 11) is -4.61. The first kappa shape index (κ1) is 45.9. The van der Waals surface area contributed by atoms with Gasteiger partial charge in [0.05, 0.1) is 19.8 Å². The number of ether oxygens (including phenoxy) is 2. The first-order valence-corrected chi connectivity index (χ1v) is 19.7. The molecule has 0 amide bonds. The summed E-state index contributed by atoms with van der Waals surface area (Å²) in [6.07, 6.45) is 36.0. The van der Waals surface area contributed by atoms with Crippen LogP contribution in [0.25, 0.3) is 0 Å². The number of carboxylic acids is 1. The number of carboxylic acid groups (broad SMARTS) is 1. The van der Waals surface area contributed by atoms with Gasteiger partial charge in [-0.3, -0.25) is 18.6 Å². The average Bonchev–Trinajstić information content (AvgIpc) is 3.06. The quantitative estimate of drug-likeness (QED) is 0.0256. The van der Waals surface area contributed by atoms with Crippen LogP contribution in [0.15, 0.2) is 48.6 Å². The summed E-state index contributed by atoms with van der Waals surface area (Å²) in [5, 5.41) is 8.85. The Morgan fingerprint density at radius 2 is 1.21 bits per heavy atom. The van der Waals surface area contributed by atoms with Gasteiger partial charge in [0.1, 0.15) is 12.1 Å². The van der Waals surface area contributed by atoms with Gasteiger partial charge in [-0.15, -0.1) is 0 Å². The van der Waals surface area contributed by atoms with E-state index in [4.69, 9.17) is 24.8 Å². The summed E-state index contributed by atoms with van der Waals surface area (Å²) in [6.45, 7) is 3.64. The number of carbonyl (C=O) groups is 2. The van der Waals surface area contributed by atoms with Crippen molar-refractivity contribution < 1.29 is 42.7 Å². The van der Waals surface area contributed by atoms with Crippen molar-refractivity contribution in [2.24, 2.45) is 5.73 Å². The van der Waals surface area contributed by atoms with Crippen LogP contribution in [0.3, 0.4) is 0 Å². The van der Waals surface area contributed by atoms with Gasteiger partial charge in [0, 0.05) is 13.0 Å². The van der Waals surface area contributed by atoms with E-state index in [1.165, 1.54) is 38.5 Å². The lowest BCUT2D eigenvalue weighted by Gasteiger charge is -2.20. The lowest BCUT2D eigenvalue weighted by Crippen LogP contribution is -2.34. The fourth-order valence-corrected chi connectivity index (χ4v) is 5.31. The molecule has 3 atom stereocenters. The maximum atomic E-state index is 12.5. The van der Waals surface area contributed by atoms with E-state index in [-0.39, 0.29) is 13.0 Å². The number of carbonyl (C=O) groups excluding carboxylic acids is 1. The van der Waals surface area contributed by atoms with E-state index in [0.717, 1.165) is 70.6 Å². The highest BCUT2D eigenvalue weighted by atomic mass is 31.2. The predicted octanol–water partition coefficient (Wildman–Crippen LogP) is 9.14. The van der Waals surface area contributed by atoms with Crippen molar-refractivity contribution in [3.63, 3.8) is 0 Å². The molecule has 0 aromatic carbocycles. The topological polar surface area (TPSA) is 155 Å². The molecule has 10 nitrogen and oxygen atoms in total. The third-order valence-electron chi connectivity index (χ3n) is 7.37. The number of esters is 1. The maximum Gasteiger partial charge on any atom is 0.472 e. The zero-order valence-corrected chi connectivity index (χ0v) is 30.7. The molecule has 278 valence electrons. The van der Waals surface area contributed by atoms with Gasteiger partial charge in [-0.25, -0.2) is 4.57 Å². The number of hydrogen-bond acceptors (Lipinski definition) is 8. The summed E-state index contributed by atoms with van der Waals surface area (Å²) in [4.78, 5) is 33.3. The Kier molecular flexibility index (Phi) is 32.0. The minimum atomic E-state index is -4.61. The molecule has 11 heteroatoms. The predicted molar refractivity (Wildman–Crippen MR) is 194 cm³/mol. The largest absolute Gasteiger partial charge is 0.480 e. The van der Waals surface area contributed by atoms with Gasteiger partial charge in [0.2, 0.25) is 0 Å². The lowest BCUT2D eigenvalue weighted by molar-refractivity contribution is -0.154. The van der Waals surface area contributed by atoms with Crippen LogP contribution < -0.4 is 5.73 Å². The van der Waals surface area contributed by atoms with E-state index in [0.29, 0.717) is 13.0 Å². The molecule has 48 heavy (non-hydrogen) atoms. The molecule has 0 aromatic rings. The summed E-state index contributed by atoms with van der Waals surface area (Å²) < 4.78 is 33.1. The Labute approximate surface area is 290 Å². The number of phosphoric ester groups is 1. The monoisotopic (exact) mass is 699 g/mol. The van der Waals surface area contributed by atoms with Gasteiger partial charge in [0.15, 0.2) is 0 Å². The molecule has 0 aliphatic rings. The number of unbranched alkanes of at least 4 members (excludes halogenated alkanes) is 12. The number of aliphatic carboxylic acids is 1. The Hall–Kier alpha value is -2.07. The van der Waals surface area contributed by atoms with Crippen molar-refractivity contribution in [2.45, 2.75) is 148 Å². The standard InChI is InChI=1S/C37H66NO9P/c1-3-5-7-9-11-13-15-16-17-18-19-20-22-24-26-28-30-44-31-34(32-45-48(42,43)46-33-35(38)37(40)41)47-36(39)29-27-25-23-21-14-12-10-8-6-4-2/h5,7,11,13,16-17,19-20,34-35H,3-4,6,8-10,12,14-15,18,21-33,38H2,1-2H3,(H,40,41)(H,42,43)/b7-5-,13-11-,17-16-,20-19-. The van der Waals surface area contributed by atoms with Crippen LogP contribution in [-0.4, -0.2) is 60.5 Å². The van der Waals surface area contributed by atoms with Crippen molar-refractivity contribution in [1.82, 2.24) is 0 Å². The number of phosphoric acid groups is 1. The summed E-state index contributed by atoms with van der Waals surface area (Å²) >= 11 is 0. The van der Waals surface area contributed by atoms with Gasteiger partial charge < -0.3 is 25.2 Å². The second-order valence-corrected chi connectivity index (χ2v) is 13.4. The van der Waals surface area contributed by atoms with Gasteiger partial charge >= 0.3 is 19.8 Å². The zero-order chi connectivity index (χ0) is 35.6. The summed E-state index contributed by atoms with van der Waals surface area (Å²) in [5.41, 5.74) is 5.32. The molecule has 0 rings (SSSR count). The van der Waals surface area contributed by atoms with Crippen LogP contribution in [0.2, 0.25) is 0 Å². The third-order valence-corrected chi connectivity index (χ3v) is 8.32. The van der Waals surface area contributed by atoms with Crippen LogP contribution in [0, 0.1) is 0 Å². The average molecular weight is 700 g/mol. The van der Waals surface area contributed by atoms with Gasteiger partial charge in [-0.05, 0) is 51.4 Å². The van der Waals surface area contributed by atoms with Crippen LogP contribution in [0.5, 0.6) is 0 Å². The van der Waals surface area contributed by atoms with Gasteiger partial charge in [0.25, 0.3) is 0 Å². The van der Waals surface area contributed by atoms with Crippen LogP contribution in [-0.2, 0) is 32.7 Å². The molecule has 0 saturated carbocycles. The molecule has 0 heterocycles. The van der Waals surface area contributed by atoms with Crippen LogP contribution in [0.1, 0.15) is 136 Å². The molecule has 0 fully saturated rings. The highest BCUT2D eigenvalue weighted by Crippen LogP contribution is 2.43. The maximum absolute atomic E-state index is 12.5. The Balaban J connectivity index is 4.38. The molecule has 4 N–H and O–H groups in total. The number of hydrogen-bond donors (Lipinski definition) is 3. The van der Waals surface area contributed by atoms with Crippen molar-refractivity contribution >= 4 is 19.8 Å². The first-order chi connectivity index (χ1) is 23.2. The molecule has 0 radical (unpaired) electrons. The highest BCUT2D eigenvalue weighted by molar-refractivity contribution is 7.47. The Morgan fingerprint density at radius 1 is 0.688 bits per heavy atom. The normalized spacial score (nSPS) is 14.8. The lowest BCUT2D eigenvalue weighted by atomic mass is 10.1. The fraction of sp³-hybridized carbons (Fsp3) is 0.730. The fourth-order valence-electron chi connectivity index (χ4n) is 4.53. The van der Waals surface area contributed by atoms with E-state index in [1.807, 2.05) is 0 Å². The summed E-state index contributed by atoms with van der Waals surface area (Å²) in [6, 6.07) is -1.48. The molecule has 3 unspecified atom stereocenters. The number of nitrogens with two attached hydrogens (primary N) is 1. The summed E-state index contributed by atoms with van der Waals surface area (Å²) in [5.74, 6) is -1.80. The Morgan fingerprint density at radius 3 is 1.79 bits per heavy atom. The highest BCUT2D eigenvalue weighted by Gasteiger charge is 2.27. The number of rotatable bonds is 34. The molecular formula is C37H66NO9P. The zero-order valence-electron chi connectivity index (χ0n) is 29.8. The van der Waals surface area contributed by atoms with Crippen molar-refractivity contribution in [1.29, 1.82) is 0 Å². The minimum Gasteiger partial charge on any atom is -0.480 e. The SMILES string of the molecule is CC/C=C\C/C=C\C/C=C\C/C=C\CCCCCOCC(COP(=O)(O)OCC(N)C(=O)O)OC(=O)CCCCCCCCCCCC. The van der Waals surface area contributed by atoms with E-state index >= 15 is 0 Å². The van der Waals surface area contributed by atoms with Crippen LogP contribution in [0.4, 0.5) is 0 Å². The van der Waals surface area contributed by atoms with Crippen molar-refractivity contribution in [2.75, 3.05) is 26.4 Å². The van der Waals surface area contributed by atoms with E-state index in [1.54, 1.807) is 0 Å². The Bertz CT molecular complexity index is 951. The smallest absolute Gasteiger partial charge is 0.472 e. The van der Waals surface area contributed by atoms with Crippen molar-refractivity contribution in [3.8, 4) is 0 Å². The second-order valence-electron chi connectivity index (χ2n) is 12.0. The molecule has 0 bridgehead atoms. The third kappa shape index (κ3) is 32.5. The molecule has 0 aliphatic heterocycles. The van der Waals surface area contributed by atoms with Crippen molar-refractivity contribution in [3.05, 3.63) is 48.6 Å². The van der Waals surface area contributed by atoms with E-state index in [9.17, 15) is 19.0 Å². The number of allylic oxidation sites excluding steroid dienone is 8. The molecule has 0 aromatic heterocycles. The second kappa shape index (κ2) is 33.4. The minimum absolute atomic E-state index is 0.00468. The van der Waals surface area contributed by atoms with Crippen LogP contribution >= 0.6 is 7.82 Å².